The normalized spacial score (nSPS) is 12.0. The van der Waals surface area contributed by atoms with Gasteiger partial charge in [0.05, 0.1) is 5.69 Å². The molecule has 1 aliphatic rings. The van der Waals surface area contributed by atoms with Crippen LogP contribution in [-0.4, -0.2) is 10.1 Å². The van der Waals surface area contributed by atoms with Crippen molar-refractivity contribution in [2.45, 2.75) is 6.42 Å². The Labute approximate surface area is 117 Å². The first-order chi connectivity index (χ1) is 9.83. The average Bonchev–Trinajstić information content (AvgIpc) is 2.85. The van der Waals surface area contributed by atoms with E-state index in [0.29, 0.717) is 5.75 Å². The molecule has 0 spiro atoms. The number of aromatic hydroxyl groups is 1. The smallest absolute Gasteiger partial charge is 0.116 e. The molecule has 0 fully saturated rings. The Bertz CT molecular complexity index is 808. The fourth-order valence-corrected chi connectivity index (χ4v) is 2.95. The van der Waals surface area contributed by atoms with E-state index in [4.69, 9.17) is 0 Å². The molecule has 0 amide bonds. The zero-order valence-corrected chi connectivity index (χ0v) is 10.9. The van der Waals surface area contributed by atoms with Crippen molar-refractivity contribution in [3.63, 3.8) is 0 Å². The molecule has 2 heteroatoms. The van der Waals surface area contributed by atoms with Crippen LogP contribution in [0.15, 0.2) is 60.8 Å². The highest BCUT2D eigenvalue weighted by molar-refractivity contribution is 5.89. The first-order valence-electron chi connectivity index (χ1n) is 6.68. The largest absolute Gasteiger partial charge is 0.508 e. The van der Waals surface area contributed by atoms with Gasteiger partial charge in [-0.2, -0.15) is 0 Å². The standard InChI is InChI=1S/C18H13NO/c20-14-6-3-5-12(10-14)16-8-9-19-17-11-13-4-1-2-7-15(13)18(16)17/h1-10,20H,11H2. The van der Waals surface area contributed by atoms with Gasteiger partial charge in [0, 0.05) is 18.2 Å². The van der Waals surface area contributed by atoms with Crippen molar-refractivity contribution >= 4 is 0 Å². The summed E-state index contributed by atoms with van der Waals surface area (Å²) in [6.07, 6.45) is 2.74. The lowest BCUT2D eigenvalue weighted by atomic mass is 9.96. The molecule has 96 valence electrons. The van der Waals surface area contributed by atoms with Gasteiger partial charge in [0.1, 0.15) is 5.75 Å². The number of aromatic nitrogens is 1. The second kappa shape index (κ2) is 4.20. The van der Waals surface area contributed by atoms with Gasteiger partial charge < -0.3 is 5.11 Å². The molecule has 3 aromatic rings. The van der Waals surface area contributed by atoms with Gasteiger partial charge in [-0.3, -0.25) is 4.98 Å². The van der Waals surface area contributed by atoms with Gasteiger partial charge in [0.25, 0.3) is 0 Å². The number of nitrogens with zero attached hydrogens (tertiary/aromatic N) is 1. The van der Waals surface area contributed by atoms with Crippen molar-refractivity contribution in [1.82, 2.24) is 4.98 Å². The molecule has 0 saturated carbocycles. The number of phenolic OH excluding ortho intramolecular Hbond substituents is 1. The molecule has 0 unspecified atom stereocenters. The van der Waals surface area contributed by atoms with E-state index in [-0.39, 0.29) is 0 Å². The van der Waals surface area contributed by atoms with Gasteiger partial charge in [-0.15, -0.1) is 0 Å². The first kappa shape index (κ1) is 11.2. The summed E-state index contributed by atoms with van der Waals surface area (Å²) in [7, 11) is 0. The van der Waals surface area contributed by atoms with Gasteiger partial charge in [0.2, 0.25) is 0 Å². The van der Waals surface area contributed by atoms with Crippen molar-refractivity contribution in [2.75, 3.05) is 0 Å². The Balaban J connectivity index is 2.00. The summed E-state index contributed by atoms with van der Waals surface area (Å²) in [5, 5.41) is 9.70. The lowest BCUT2D eigenvalue weighted by molar-refractivity contribution is 0.475. The third-order valence-electron chi connectivity index (χ3n) is 3.83. The lowest BCUT2D eigenvalue weighted by Gasteiger charge is -2.09. The van der Waals surface area contributed by atoms with Crippen molar-refractivity contribution in [3.05, 3.63) is 72.1 Å². The molecule has 0 atom stereocenters. The molecule has 1 aliphatic carbocycles. The molecule has 0 radical (unpaired) electrons. The van der Waals surface area contributed by atoms with E-state index in [1.807, 2.05) is 24.4 Å². The van der Waals surface area contributed by atoms with E-state index in [0.717, 1.165) is 23.2 Å². The number of hydrogen-bond acceptors (Lipinski definition) is 2. The summed E-state index contributed by atoms with van der Waals surface area (Å²) in [4.78, 5) is 4.52. The third kappa shape index (κ3) is 1.62. The highest BCUT2D eigenvalue weighted by Crippen LogP contribution is 2.42. The minimum atomic E-state index is 0.291. The molecule has 1 aromatic heterocycles. The Morgan fingerprint density at radius 2 is 1.80 bits per heavy atom. The number of pyridine rings is 1. The van der Waals surface area contributed by atoms with E-state index in [2.05, 4.69) is 29.2 Å². The molecule has 2 aromatic carbocycles. The fourth-order valence-electron chi connectivity index (χ4n) is 2.95. The summed E-state index contributed by atoms with van der Waals surface area (Å²) in [5.41, 5.74) is 7.06. The second-order valence-electron chi connectivity index (χ2n) is 5.06. The Kier molecular flexibility index (Phi) is 2.36. The van der Waals surface area contributed by atoms with Crippen molar-refractivity contribution in [2.24, 2.45) is 0 Å². The van der Waals surface area contributed by atoms with Crippen LogP contribution in [0.1, 0.15) is 11.3 Å². The zero-order chi connectivity index (χ0) is 13.5. The van der Waals surface area contributed by atoms with E-state index in [9.17, 15) is 5.11 Å². The molecular weight excluding hydrogens is 246 g/mol. The van der Waals surface area contributed by atoms with E-state index in [1.54, 1.807) is 12.1 Å². The van der Waals surface area contributed by atoms with Crippen molar-refractivity contribution in [1.29, 1.82) is 0 Å². The molecule has 0 saturated heterocycles. The topological polar surface area (TPSA) is 33.1 Å². The van der Waals surface area contributed by atoms with Gasteiger partial charge >= 0.3 is 0 Å². The summed E-state index contributed by atoms with van der Waals surface area (Å²) in [6.45, 7) is 0. The van der Waals surface area contributed by atoms with Crippen LogP contribution in [0.25, 0.3) is 22.3 Å². The van der Waals surface area contributed by atoms with Gasteiger partial charge in [-0.1, -0.05) is 36.4 Å². The molecular formula is C18H13NO. The molecule has 0 bridgehead atoms. The van der Waals surface area contributed by atoms with Gasteiger partial charge in [-0.05, 0) is 40.5 Å². The van der Waals surface area contributed by atoms with Crippen molar-refractivity contribution in [3.8, 4) is 28.0 Å². The van der Waals surface area contributed by atoms with Crippen LogP contribution in [-0.2, 0) is 6.42 Å². The van der Waals surface area contributed by atoms with E-state index < -0.39 is 0 Å². The highest BCUT2D eigenvalue weighted by atomic mass is 16.3. The van der Waals surface area contributed by atoms with Crippen LogP contribution in [0.5, 0.6) is 5.75 Å². The Hall–Kier alpha value is -2.61. The number of fused-ring (bicyclic) bond motifs is 3. The lowest BCUT2D eigenvalue weighted by Crippen LogP contribution is -1.89. The van der Waals surface area contributed by atoms with Crippen LogP contribution < -0.4 is 0 Å². The van der Waals surface area contributed by atoms with E-state index in [1.165, 1.54) is 16.7 Å². The number of rotatable bonds is 1. The monoisotopic (exact) mass is 259 g/mol. The SMILES string of the molecule is Oc1cccc(-c2ccnc3c2-c2ccccc2C3)c1. The molecule has 20 heavy (non-hydrogen) atoms. The minimum Gasteiger partial charge on any atom is -0.508 e. The molecule has 2 nitrogen and oxygen atoms in total. The summed E-state index contributed by atoms with van der Waals surface area (Å²) in [6, 6.07) is 17.9. The highest BCUT2D eigenvalue weighted by Gasteiger charge is 2.22. The second-order valence-corrected chi connectivity index (χ2v) is 5.06. The Morgan fingerprint density at radius 1 is 0.900 bits per heavy atom. The number of benzene rings is 2. The summed E-state index contributed by atoms with van der Waals surface area (Å²) >= 11 is 0. The summed E-state index contributed by atoms with van der Waals surface area (Å²) in [5.74, 6) is 0.291. The number of hydrogen-bond donors (Lipinski definition) is 1. The predicted octanol–water partition coefficient (Wildman–Crippen LogP) is 4.03. The quantitative estimate of drug-likeness (QED) is 0.560. The Morgan fingerprint density at radius 3 is 2.70 bits per heavy atom. The third-order valence-corrected chi connectivity index (χ3v) is 3.83. The van der Waals surface area contributed by atoms with Crippen molar-refractivity contribution < 1.29 is 5.11 Å². The van der Waals surface area contributed by atoms with Gasteiger partial charge in [0.15, 0.2) is 0 Å². The first-order valence-corrected chi connectivity index (χ1v) is 6.68. The maximum Gasteiger partial charge on any atom is 0.116 e. The van der Waals surface area contributed by atoms with Crippen LogP contribution >= 0.6 is 0 Å². The van der Waals surface area contributed by atoms with E-state index >= 15 is 0 Å². The predicted molar refractivity (Wildman–Crippen MR) is 79.6 cm³/mol. The minimum absolute atomic E-state index is 0.291. The maximum absolute atomic E-state index is 9.70. The maximum atomic E-state index is 9.70. The molecule has 1 heterocycles. The average molecular weight is 259 g/mol. The van der Waals surface area contributed by atoms with Crippen LogP contribution in [0.2, 0.25) is 0 Å². The summed E-state index contributed by atoms with van der Waals surface area (Å²) < 4.78 is 0. The van der Waals surface area contributed by atoms with Crippen LogP contribution in [0.4, 0.5) is 0 Å². The number of phenols is 1. The molecule has 1 N–H and O–H groups in total. The van der Waals surface area contributed by atoms with Crippen LogP contribution in [0, 0.1) is 0 Å². The molecule has 4 rings (SSSR count). The van der Waals surface area contributed by atoms with Crippen LogP contribution in [0.3, 0.4) is 0 Å². The molecule has 0 aliphatic heterocycles. The fraction of sp³-hybridized carbons (Fsp3) is 0.0556. The zero-order valence-electron chi connectivity index (χ0n) is 10.9. The van der Waals surface area contributed by atoms with Gasteiger partial charge in [-0.25, -0.2) is 0 Å².